The molecule has 0 aliphatic carbocycles. The predicted molar refractivity (Wildman–Crippen MR) is 98.2 cm³/mol. The second-order valence-electron chi connectivity index (χ2n) is 5.94. The summed E-state index contributed by atoms with van der Waals surface area (Å²) >= 11 is 6.00. The third-order valence-corrected chi connectivity index (χ3v) is 6.08. The lowest BCUT2D eigenvalue weighted by Gasteiger charge is -2.12. The number of halogens is 1. The first-order valence-corrected chi connectivity index (χ1v) is 9.90. The molecular weight excluding hydrogens is 382 g/mol. The van der Waals surface area contributed by atoms with Crippen molar-refractivity contribution in [1.29, 1.82) is 0 Å². The molecule has 1 unspecified atom stereocenters. The fraction of sp³-hybridized carbons (Fsp3) is 0.312. The van der Waals surface area contributed by atoms with Crippen molar-refractivity contribution >= 4 is 49.7 Å². The minimum atomic E-state index is -4.10. The number of carbonyl (C=O) groups is 1. The summed E-state index contributed by atoms with van der Waals surface area (Å²) in [5.41, 5.74) is 1.26. The number of hydrogen-bond donors (Lipinski definition) is 2. The first-order valence-electron chi connectivity index (χ1n) is 7.89. The van der Waals surface area contributed by atoms with Gasteiger partial charge in [-0.2, -0.15) is 0 Å². The van der Waals surface area contributed by atoms with Crippen LogP contribution in [0.15, 0.2) is 29.2 Å². The minimum absolute atomic E-state index is 0.00351. The summed E-state index contributed by atoms with van der Waals surface area (Å²) in [6, 6.07) is 5.48. The van der Waals surface area contributed by atoms with Gasteiger partial charge in [-0.05, 0) is 23.1 Å². The Labute approximate surface area is 154 Å². The van der Waals surface area contributed by atoms with Crippen LogP contribution in [0.4, 0.5) is 11.4 Å². The van der Waals surface area contributed by atoms with Crippen LogP contribution in [0.3, 0.4) is 0 Å². The van der Waals surface area contributed by atoms with Crippen molar-refractivity contribution in [1.82, 2.24) is 4.72 Å². The molecule has 1 aliphatic heterocycles. The molecule has 0 radical (unpaired) electrons. The minimum Gasteiger partial charge on any atom is -0.384 e. The van der Waals surface area contributed by atoms with E-state index in [9.17, 15) is 23.3 Å². The van der Waals surface area contributed by atoms with Gasteiger partial charge in [0, 0.05) is 36.5 Å². The van der Waals surface area contributed by atoms with E-state index in [1.807, 2.05) is 4.72 Å². The molecule has 2 N–H and O–H groups in total. The van der Waals surface area contributed by atoms with Crippen LogP contribution >= 0.6 is 11.6 Å². The molecule has 0 bridgehead atoms. The number of nitro benzene ring substituents is 1. The average Bonchev–Trinajstić information content (AvgIpc) is 3.03. The number of amides is 1. The Bertz CT molecular complexity index is 1020. The molecule has 26 heavy (non-hydrogen) atoms. The van der Waals surface area contributed by atoms with Crippen LogP contribution in [0.2, 0.25) is 0 Å². The van der Waals surface area contributed by atoms with Gasteiger partial charge in [0.1, 0.15) is 0 Å². The molecule has 2 aromatic rings. The highest BCUT2D eigenvalue weighted by Gasteiger charge is 2.29. The van der Waals surface area contributed by atoms with Gasteiger partial charge in [-0.25, -0.2) is 13.1 Å². The van der Waals surface area contributed by atoms with Crippen LogP contribution in [0.1, 0.15) is 24.8 Å². The van der Waals surface area contributed by atoms with Crippen molar-refractivity contribution in [3.05, 3.63) is 39.9 Å². The molecule has 0 fully saturated rings. The summed E-state index contributed by atoms with van der Waals surface area (Å²) in [5.74, 6) is -0.350. The molecule has 1 atom stereocenters. The van der Waals surface area contributed by atoms with E-state index in [1.54, 1.807) is 0 Å². The number of benzene rings is 2. The van der Waals surface area contributed by atoms with Gasteiger partial charge in [0.05, 0.1) is 15.2 Å². The Balaban J connectivity index is 2.24. The molecule has 10 heteroatoms. The molecule has 0 saturated carbocycles. The fourth-order valence-electron chi connectivity index (χ4n) is 3.06. The highest BCUT2D eigenvalue weighted by atomic mass is 35.5. The van der Waals surface area contributed by atoms with E-state index >= 15 is 0 Å². The van der Waals surface area contributed by atoms with Crippen LogP contribution in [0.5, 0.6) is 0 Å². The molecule has 1 aliphatic rings. The highest BCUT2D eigenvalue weighted by molar-refractivity contribution is 7.90. The topological polar surface area (TPSA) is 118 Å². The van der Waals surface area contributed by atoms with Gasteiger partial charge in [0.25, 0.3) is 15.7 Å². The number of nitrogens with one attached hydrogen (secondary N) is 2. The van der Waals surface area contributed by atoms with Crippen LogP contribution in [0.25, 0.3) is 10.8 Å². The van der Waals surface area contributed by atoms with Crippen molar-refractivity contribution in [3.8, 4) is 0 Å². The average molecular weight is 398 g/mol. The maximum Gasteiger partial charge on any atom is 0.279 e. The number of non-ortho nitro benzene ring substituents is 1. The van der Waals surface area contributed by atoms with Crippen molar-refractivity contribution in [2.75, 3.05) is 17.7 Å². The van der Waals surface area contributed by atoms with Crippen molar-refractivity contribution in [2.24, 2.45) is 0 Å². The lowest BCUT2D eigenvalue weighted by Crippen LogP contribution is -2.29. The van der Waals surface area contributed by atoms with Gasteiger partial charge in [0.2, 0.25) is 5.91 Å². The van der Waals surface area contributed by atoms with Gasteiger partial charge >= 0.3 is 0 Å². The molecular formula is C16H16ClN3O5S. The Morgan fingerprint density at radius 3 is 2.73 bits per heavy atom. The summed E-state index contributed by atoms with van der Waals surface area (Å²) in [5, 5.41) is 15.4. The SMILES string of the molecule is CCC(=O)NS(=O)(=O)c1ccc2c3c(cc([N+](=O)[O-])c2c1)NCC3CCl. The summed E-state index contributed by atoms with van der Waals surface area (Å²) < 4.78 is 26.6. The Morgan fingerprint density at radius 1 is 1.38 bits per heavy atom. The van der Waals surface area contributed by atoms with E-state index in [0.29, 0.717) is 23.5 Å². The van der Waals surface area contributed by atoms with E-state index in [4.69, 9.17) is 11.6 Å². The Kier molecular flexibility index (Phi) is 4.76. The van der Waals surface area contributed by atoms with E-state index < -0.39 is 20.9 Å². The van der Waals surface area contributed by atoms with Crippen LogP contribution in [-0.4, -0.2) is 31.7 Å². The zero-order valence-electron chi connectivity index (χ0n) is 13.8. The summed E-state index contributed by atoms with van der Waals surface area (Å²) in [6.45, 7) is 2.08. The van der Waals surface area contributed by atoms with Crippen LogP contribution in [0, 0.1) is 10.1 Å². The number of rotatable bonds is 5. The monoisotopic (exact) mass is 397 g/mol. The molecule has 1 heterocycles. The standard InChI is InChI=1S/C16H16ClN3O5S/c1-2-15(21)19-26(24,25)10-3-4-11-12(5-10)14(20(22)23)6-13-16(11)9(7-17)8-18-13/h3-6,9,18H,2,7-8H2,1H3,(H,19,21). The number of hydrogen-bond acceptors (Lipinski definition) is 6. The van der Waals surface area contributed by atoms with Crippen molar-refractivity contribution in [3.63, 3.8) is 0 Å². The summed E-state index contributed by atoms with van der Waals surface area (Å²) in [4.78, 5) is 22.2. The third-order valence-electron chi connectivity index (χ3n) is 4.34. The molecule has 0 spiro atoms. The first kappa shape index (κ1) is 18.4. The Hall–Kier alpha value is -2.39. The molecule has 138 valence electrons. The second kappa shape index (κ2) is 6.73. The number of nitro groups is 1. The molecule has 1 amide bonds. The molecule has 0 saturated heterocycles. The van der Waals surface area contributed by atoms with Gasteiger partial charge in [-0.1, -0.05) is 13.0 Å². The molecule has 2 aromatic carbocycles. The Morgan fingerprint density at radius 2 is 2.12 bits per heavy atom. The zero-order valence-corrected chi connectivity index (χ0v) is 15.4. The van der Waals surface area contributed by atoms with Gasteiger partial charge in [-0.3, -0.25) is 14.9 Å². The van der Waals surface area contributed by atoms with Crippen molar-refractivity contribution < 1.29 is 18.1 Å². The van der Waals surface area contributed by atoms with E-state index in [1.165, 1.54) is 31.2 Å². The number of carbonyl (C=O) groups excluding carboxylic acids is 1. The first-order chi connectivity index (χ1) is 12.3. The van der Waals surface area contributed by atoms with Crippen LogP contribution in [-0.2, 0) is 14.8 Å². The number of fused-ring (bicyclic) bond motifs is 3. The number of nitrogens with zero attached hydrogens (tertiary/aromatic N) is 1. The second-order valence-corrected chi connectivity index (χ2v) is 7.93. The molecule has 0 aromatic heterocycles. The zero-order chi connectivity index (χ0) is 19.1. The van der Waals surface area contributed by atoms with Crippen LogP contribution < -0.4 is 10.0 Å². The molecule has 3 rings (SSSR count). The largest absolute Gasteiger partial charge is 0.384 e. The fourth-order valence-corrected chi connectivity index (χ4v) is 4.41. The van der Waals surface area contributed by atoms with Gasteiger partial charge < -0.3 is 5.32 Å². The molecule has 8 nitrogen and oxygen atoms in total. The van der Waals surface area contributed by atoms with Gasteiger partial charge in [-0.15, -0.1) is 11.6 Å². The third kappa shape index (κ3) is 3.08. The lowest BCUT2D eigenvalue weighted by molar-refractivity contribution is -0.383. The predicted octanol–water partition coefficient (Wildman–Crippen LogP) is 2.71. The number of sulfonamides is 1. The van der Waals surface area contributed by atoms with E-state index in [0.717, 1.165) is 5.56 Å². The maximum absolute atomic E-state index is 12.3. The highest BCUT2D eigenvalue weighted by Crippen LogP contribution is 2.42. The van der Waals surface area contributed by atoms with Gasteiger partial charge in [0.15, 0.2) is 0 Å². The summed E-state index contributed by atoms with van der Waals surface area (Å²) in [7, 11) is -4.10. The quantitative estimate of drug-likeness (QED) is 0.455. The maximum atomic E-state index is 12.3. The van der Waals surface area contributed by atoms with E-state index in [-0.39, 0.29) is 28.3 Å². The van der Waals surface area contributed by atoms with E-state index in [2.05, 4.69) is 5.32 Å². The van der Waals surface area contributed by atoms with Crippen molar-refractivity contribution in [2.45, 2.75) is 24.2 Å². The number of anilines is 1. The normalized spacial score (nSPS) is 16.2. The summed E-state index contributed by atoms with van der Waals surface area (Å²) in [6.07, 6.45) is 0.00351. The number of alkyl halides is 1. The smallest absolute Gasteiger partial charge is 0.279 e. The lowest BCUT2D eigenvalue weighted by atomic mass is 9.95.